The van der Waals surface area contributed by atoms with Gasteiger partial charge >= 0.3 is 0 Å². The number of nitriles is 1. The van der Waals surface area contributed by atoms with Gasteiger partial charge in [-0.3, -0.25) is 0 Å². The van der Waals surface area contributed by atoms with Crippen LogP contribution < -0.4 is 0 Å². The quantitative estimate of drug-likeness (QED) is 0.777. The van der Waals surface area contributed by atoms with Crippen molar-refractivity contribution >= 4 is 21.6 Å². The smallest absolute Gasteiger partial charge is 0.207 e. The SMILES string of the molecule is Cc1ccc(Cl)c(S(=O)(=O)N(C)CC#N)c1. The zero-order valence-corrected chi connectivity index (χ0v) is 10.5. The highest BCUT2D eigenvalue weighted by Gasteiger charge is 2.23. The van der Waals surface area contributed by atoms with Crippen LogP contribution in [0.25, 0.3) is 0 Å². The maximum atomic E-state index is 12.0. The van der Waals surface area contributed by atoms with Crippen molar-refractivity contribution in [3.8, 4) is 6.07 Å². The molecular formula is C10H11ClN2O2S. The molecule has 0 saturated heterocycles. The Bertz CT molecular complexity index is 534. The molecule has 0 unspecified atom stereocenters. The molecule has 86 valence electrons. The second-order valence-corrected chi connectivity index (χ2v) is 5.77. The summed E-state index contributed by atoms with van der Waals surface area (Å²) in [7, 11) is -2.33. The van der Waals surface area contributed by atoms with E-state index in [4.69, 9.17) is 16.9 Å². The van der Waals surface area contributed by atoms with Crippen molar-refractivity contribution in [2.24, 2.45) is 0 Å². The van der Waals surface area contributed by atoms with Crippen molar-refractivity contribution in [2.45, 2.75) is 11.8 Å². The first kappa shape index (κ1) is 13.0. The van der Waals surface area contributed by atoms with Gasteiger partial charge in [0, 0.05) is 7.05 Å². The summed E-state index contributed by atoms with van der Waals surface area (Å²) in [5, 5.41) is 8.64. The zero-order valence-electron chi connectivity index (χ0n) is 8.94. The van der Waals surface area contributed by atoms with Crippen LogP contribution in [0.5, 0.6) is 0 Å². The maximum Gasteiger partial charge on any atom is 0.245 e. The van der Waals surface area contributed by atoms with Crippen molar-refractivity contribution in [3.63, 3.8) is 0 Å². The van der Waals surface area contributed by atoms with Gasteiger partial charge in [0.25, 0.3) is 0 Å². The highest BCUT2D eigenvalue weighted by Crippen LogP contribution is 2.24. The number of hydrogen-bond donors (Lipinski definition) is 0. The number of rotatable bonds is 3. The fourth-order valence-corrected chi connectivity index (χ4v) is 2.78. The Balaban J connectivity index is 3.28. The first-order chi connectivity index (χ1) is 7.39. The molecule has 0 amide bonds. The highest BCUT2D eigenvalue weighted by atomic mass is 35.5. The molecule has 0 aromatic heterocycles. The van der Waals surface area contributed by atoms with Crippen molar-refractivity contribution in [1.82, 2.24) is 4.31 Å². The average molecular weight is 259 g/mol. The van der Waals surface area contributed by atoms with Crippen molar-refractivity contribution in [3.05, 3.63) is 28.8 Å². The molecule has 0 radical (unpaired) electrons. The largest absolute Gasteiger partial charge is 0.245 e. The van der Waals surface area contributed by atoms with Crippen LogP contribution in [-0.2, 0) is 10.0 Å². The van der Waals surface area contributed by atoms with Crippen LogP contribution in [-0.4, -0.2) is 26.3 Å². The van der Waals surface area contributed by atoms with Gasteiger partial charge in [-0.15, -0.1) is 0 Å². The average Bonchev–Trinajstić information content (AvgIpc) is 2.22. The molecular weight excluding hydrogens is 248 g/mol. The minimum Gasteiger partial charge on any atom is -0.207 e. The Kier molecular flexibility index (Phi) is 3.92. The van der Waals surface area contributed by atoms with E-state index in [0.29, 0.717) is 0 Å². The number of benzene rings is 1. The molecule has 16 heavy (non-hydrogen) atoms. The molecule has 0 aliphatic rings. The van der Waals surface area contributed by atoms with E-state index in [9.17, 15) is 8.42 Å². The molecule has 0 aliphatic heterocycles. The number of aryl methyl sites for hydroxylation is 1. The Labute approximate surface area is 100 Å². The lowest BCUT2D eigenvalue weighted by atomic mass is 10.2. The fraction of sp³-hybridized carbons (Fsp3) is 0.300. The molecule has 1 aromatic carbocycles. The van der Waals surface area contributed by atoms with Gasteiger partial charge in [-0.25, -0.2) is 8.42 Å². The predicted octanol–water partition coefficient (Wildman–Crippen LogP) is 1.79. The standard InChI is InChI=1S/C10H11ClN2O2S/c1-8-3-4-9(11)10(7-8)16(14,15)13(2)6-5-12/h3-4,7H,6H2,1-2H3. The molecule has 4 nitrogen and oxygen atoms in total. The molecule has 0 saturated carbocycles. The van der Waals surface area contributed by atoms with Crippen LogP contribution in [0.3, 0.4) is 0 Å². The summed E-state index contributed by atoms with van der Waals surface area (Å²) in [4.78, 5) is 0.0342. The van der Waals surface area contributed by atoms with Gasteiger partial charge in [-0.05, 0) is 24.6 Å². The van der Waals surface area contributed by atoms with Gasteiger partial charge < -0.3 is 0 Å². The second-order valence-electron chi connectivity index (χ2n) is 3.35. The van der Waals surface area contributed by atoms with Gasteiger partial charge in [-0.2, -0.15) is 9.57 Å². The monoisotopic (exact) mass is 258 g/mol. The van der Waals surface area contributed by atoms with E-state index in [1.54, 1.807) is 19.1 Å². The van der Waals surface area contributed by atoms with E-state index in [-0.39, 0.29) is 16.5 Å². The number of halogens is 1. The minimum absolute atomic E-state index is 0.0342. The van der Waals surface area contributed by atoms with Crippen LogP contribution >= 0.6 is 11.6 Å². The fourth-order valence-electron chi connectivity index (χ4n) is 1.16. The molecule has 6 heteroatoms. The van der Waals surface area contributed by atoms with Gasteiger partial charge in [0.1, 0.15) is 11.4 Å². The first-order valence-corrected chi connectivity index (χ1v) is 6.31. The van der Waals surface area contributed by atoms with Crippen molar-refractivity contribution in [1.29, 1.82) is 5.26 Å². The summed E-state index contributed by atoms with van der Waals surface area (Å²) in [6.07, 6.45) is 0. The summed E-state index contributed by atoms with van der Waals surface area (Å²) >= 11 is 5.84. The van der Waals surface area contributed by atoms with Gasteiger partial charge in [0.05, 0.1) is 11.1 Å². The normalized spacial score (nSPS) is 11.4. The number of hydrogen-bond acceptors (Lipinski definition) is 3. The number of sulfonamides is 1. The number of nitrogens with zero attached hydrogens (tertiary/aromatic N) is 2. The summed E-state index contributed by atoms with van der Waals surface area (Å²) in [6.45, 7) is 1.58. The maximum absolute atomic E-state index is 12.0. The molecule has 1 rings (SSSR count). The second kappa shape index (κ2) is 4.83. The summed E-state index contributed by atoms with van der Waals surface area (Å²) < 4.78 is 24.9. The highest BCUT2D eigenvalue weighted by molar-refractivity contribution is 7.89. The van der Waals surface area contributed by atoms with Gasteiger partial charge in [0.2, 0.25) is 10.0 Å². The summed E-state index contributed by atoms with van der Waals surface area (Å²) in [5.41, 5.74) is 0.799. The molecule has 0 fully saturated rings. The third-order valence-electron chi connectivity index (χ3n) is 2.07. The summed E-state index contributed by atoms with van der Waals surface area (Å²) in [6, 6.07) is 6.53. The molecule has 0 spiro atoms. The van der Waals surface area contributed by atoms with Crippen LogP contribution in [0.1, 0.15) is 5.56 Å². The lowest BCUT2D eigenvalue weighted by Gasteiger charge is -2.14. The third kappa shape index (κ3) is 2.53. The molecule has 0 atom stereocenters. The summed E-state index contributed by atoms with van der Waals surface area (Å²) in [5.74, 6) is 0. The minimum atomic E-state index is -3.68. The molecule has 1 aromatic rings. The lowest BCUT2D eigenvalue weighted by Crippen LogP contribution is -2.27. The molecule has 0 heterocycles. The van der Waals surface area contributed by atoms with Gasteiger partial charge in [0.15, 0.2) is 0 Å². The van der Waals surface area contributed by atoms with Crippen LogP contribution in [0.4, 0.5) is 0 Å². The van der Waals surface area contributed by atoms with E-state index in [1.807, 2.05) is 0 Å². The van der Waals surface area contributed by atoms with Gasteiger partial charge in [-0.1, -0.05) is 17.7 Å². The Morgan fingerprint density at radius 2 is 2.12 bits per heavy atom. The predicted molar refractivity (Wildman–Crippen MR) is 61.6 cm³/mol. The Morgan fingerprint density at radius 1 is 1.50 bits per heavy atom. The van der Waals surface area contributed by atoms with Crippen LogP contribution in [0.15, 0.2) is 23.1 Å². The molecule has 0 bridgehead atoms. The van der Waals surface area contributed by atoms with E-state index >= 15 is 0 Å². The van der Waals surface area contributed by atoms with E-state index in [0.717, 1.165) is 9.87 Å². The van der Waals surface area contributed by atoms with Crippen LogP contribution in [0, 0.1) is 18.3 Å². The van der Waals surface area contributed by atoms with Crippen molar-refractivity contribution < 1.29 is 8.42 Å². The van der Waals surface area contributed by atoms with E-state index < -0.39 is 10.0 Å². The topological polar surface area (TPSA) is 61.2 Å². The van der Waals surface area contributed by atoms with Crippen LogP contribution in [0.2, 0.25) is 5.02 Å². The zero-order chi connectivity index (χ0) is 12.3. The third-order valence-corrected chi connectivity index (χ3v) is 4.35. The van der Waals surface area contributed by atoms with E-state index in [1.165, 1.54) is 19.2 Å². The molecule has 0 N–H and O–H groups in total. The lowest BCUT2D eigenvalue weighted by molar-refractivity contribution is 0.501. The Morgan fingerprint density at radius 3 is 2.69 bits per heavy atom. The van der Waals surface area contributed by atoms with Crippen molar-refractivity contribution in [2.75, 3.05) is 13.6 Å². The Hall–Kier alpha value is -1.09. The molecule has 0 aliphatic carbocycles. The first-order valence-electron chi connectivity index (χ1n) is 4.49. The van der Waals surface area contributed by atoms with E-state index in [2.05, 4.69) is 0 Å².